The highest BCUT2D eigenvalue weighted by atomic mass is 16.2. The van der Waals surface area contributed by atoms with Crippen molar-refractivity contribution in [3.8, 4) is 0 Å². The number of hydrogen-bond donors (Lipinski definition) is 1. The number of hydrogen-bond acceptors (Lipinski definition) is 4. The Labute approximate surface area is 146 Å². The van der Waals surface area contributed by atoms with Gasteiger partial charge in [-0.25, -0.2) is 4.98 Å². The number of carbonyl (C=O) groups excluding carboxylic acids is 1. The van der Waals surface area contributed by atoms with Crippen LogP contribution in [0.3, 0.4) is 0 Å². The zero-order valence-electron chi connectivity index (χ0n) is 15.4. The zero-order valence-corrected chi connectivity index (χ0v) is 15.4. The summed E-state index contributed by atoms with van der Waals surface area (Å²) in [6.45, 7) is 10.8. The Kier molecular flexibility index (Phi) is 7.50. The molecule has 5 heteroatoms. The molecule has 1 aromatic heterocycles. The number of rotatable bonds is 8. The second-order valence-electron chi connectivity index (χ2n) is 6.40. The molecule has 0 bridgehead atoms. The molecule has 0 saturated carbocycles. The largest absolute Gasteiger partial charge is 0.356 e. The first-order valence-corrected chi connectivity index (χ1v) is 9.41. The molecule has 1 saturated heterocycles. The smallest absolute Gasteiger partial charge is 0.237 e. The van der Waals surface area contributed by atoms with E-state index in [9.17, 15) is 4.79 Å². The number of piperidine rings is 1. The first kappa shape index (κ1) is 18.7. The van der Waals surface area contributed by atoms with Gasteiger partial charge in [-0.1, -0.05) is 26.8 Å². The molecule has 1 atom stereocenters. The first-order chi connectivity index (χ1) is 11.7. The van der Waals surface area contributed by atoms with Gasteiger partial charge in [0.05, 0.1) is 6.04 Å². The van der Waals surface area contributed by atoms with Gasteiger partial charge in [0.15, 0.2) is 0 Å². The molecule has 0 aliphatic carbocycles. The van der Waals surface area contributed by atoms with Crippen LogP contribution in [0.25, 0.3) is 0 Å². The molecule has 2 heterocycles. The average Bonchev–Trinajstić information content (AvgIpc) is 2.65. The van der Waals surface area contributed by atoms with Gasteiger partial charge in [0.25, 0.3) is 0 Å². The summed E-state index contributed by atoms with van der Waals surface area (Å²) in [5.74, 6) is 1.16. The molecule has 1 fully saturated rings. The highest BCUT2D eigenvalue weighted by Gasteiger charge is 2.22. The lowest BCUT2D eigenvalue weighted by molar-refractivity contribution is -0.126. The molecule has 134 valence electrons. The molecule has 1 aromatic rings. The van der Waals surface area contributed by atoms with Gasteiger partial charge in [-0.15, -0.1) is 0 Å². The second kappa shape index (κ2) is 9.62. The van der Waals surface area contributed by atoms with Crippen molar-refractivity contribution >= 4 is 11.7 Å². The summed E-state index contributed by atoms with van der Waals surface area (Å²) in [4.78, 5) is 21.8. The van der Waals surface area contributed by atoms with E-state index in [0.29, 0.717) is 6.54 Å². The molecule has 0 aromatic carbocycles. The Morgan fingerprint density at radius 3 is 2.58 bits per heavy atom. The number of likely N-dealkylation sites (N-methyl/N-ethyl adjacent to an activating group) is 1. The molecule has 2 rings (SSSR count). The van der Waals surface area contributed by atoms with E-state index in [4.69, 9.17) is 0 Å². The van der Waals surface area contributed by atoms with Crippen LogP contribution in [0.5, 0.6) is 0 Å². The molecule has 5 nitrogen and oxygen atoms in total. The summed E-state index contributed by atoms with van der Waals surface area (Å²) in [6, 6.07) is 3.99. The van der Waals surface area contributed by atoms with Crippen LogP contribution >= 0.6 is 0 Å². The summed E-state index contributed by atoms with van der Waals surface area (Å²) < 4.78 is 0. The Bertz CT molecular complexity index is 510. The van der Waals surface area contributed by atoms with Gasteiger partial charge in [-0.2, -0.15) is 0 Å². The lowest BCUT2D eigenvalue weighted by atomic mass is 10.1. The molecule has 0 radical (unpaired) electrons. The van der Waals surface area contributed by atoms with Gasteiger partial charge in [-0.3, -0.25) is 9.69 Å². The fourth-order valence-corrected chi connectivity index (χ4v) is 3.53. The standard InChI is InChI=1S/C19H32N4O/c1-4-17(22(5-2)6-3)19(24)21-15-16-11-10-12-20-18(16)23-13-8-7-9-14-23/h10-12,17H,4-9,13-15H2,1-3H3,(H,21,24)/t17-/m1/s1. The van der Waals surface area contributed by atoms with Crippen LogP contribution in [0.4, 0.5) is 5.82 Å². The predicted octanol–water partition coefficient (Wildman–Crippen LogP) is 2.81. The van der Waals surface area contributed by atoms with Crippen molar-refractivity contribution < 1.29 is 4.79 Å². The molecule has 1 amide bonds. The third-order valence-corrected chi connectivity index (χ3v) is 4.92. The lowest BCUT2D eigenvalue weighted by Gasteiger charge is -2.30. The third-order valence-electron chi connectivity index (χ3n) is 4.92. The van der Waals surface area contributed by atoms with E-state index in [1.807, 2.05) is 12.3 Å². The van der Waals surface area contributed by atoms with Crippen LogP contribution in [0, 0.1) is 0 Å². The number of carbonyl (C=O) groups is 1. The van der Waals surface area contributed by atoms with Gasteiger partial charge in [0.2, 0.25) is 5.91 Å². The Morgan fingerprint density at radius 2 is 1.96 bits per heavy atom. The maximum atomic E-state index is 12.6. The number of aromatic nitrogens is 1. The summed E-state index contributed by atoms with van der Waals surface area (Å²) in [5, 5.41) is 3.13. The molecule has 24 heavy (non-hydrogen) atoms. The second-order valence-corrected chi connectivity index (χ2v) is 6.40. The van der Waals surface area contributed by atoms with Crippen molar-refractivity contribution in [2.75, 3.05) is 31.1 Å². The van der Waals surface area contributed by atoms with Crippen LogP contribution in [-0.4, -0.2) is 48.0 Å². The van der Waals surface area contributed by atoms with E-state index in [1.54, 1.807) is 0 Å². The van der Waals surface area contributed by atoms with Crippen molar-refractivity contribution in [2.45, 2.75) is 59.0 Å². The maximum absolute atomic E-state index is 12.6. The fourth-order valence-electron chi connectivity index (χ4n) is 3.53. The molecular weight excluding hydrogens is 300 g/mol. The number of nitrogens with one attached hydrogen (secondary N) is 1. The predicted molar refractivity (Wildman–Crippen MR) is 99.1 cm³/mol. The normalized spacial score (nSPS) is 16.2. The summed E-state index contributed by atoms with van der Waals surface area (Å²) in [7, 11) is 0. The van der Waals surface area contributed by atoms with E-state index in [2.05, 4.69) is 46.9 Å². The van der Waals surface area contributed by atoms with E-state index >= 15 is 0 Å². The molecule has 0 unspecified atom stereocenters. The highest BCUT2D eigenvalue weighted by Crippen LogP contribution is 2.21. The van der Waals surface area contributed by atoms with E-state index in [1.165, 1.54) is 19.3 Å². The van der Waals surface area contributed by atoms with Crippen molar-refractivity contribution in [1.29, 1.82) is 0 Å². The monoisotopic (exact) mass is 332 g/mol. The molecule has 1 aliphatic rings. The Morgan fingerprint density at radius 1 is 1.25 bits per heavy atom. The maximum Gasteiger partial charge on any atom is 0.237 e. The number of nitrogens with zero attached hydrogens (tertiary/aromatic N) is 3. The van der Waals surface area contributed by atoms with Crippen LogP contribution in [0.2, 0.25) is 0 Å². The zero-order chi connectivity index (χ0) is 17.4. The highest BCUT2D eigenvalue weighted by molar-refractivity contribution is 5.81. The van der Waals surface area contributed by atoms with Crippen molar-refractivity contribution in [1.82, 2.24) is 15.2 Å². The van der Waals surface area contributed by atoms with Gasteiger partial charge < -0.3 is 10.2 Å². The topological polar surface area (TPSA) is 48.5 Å². The quantitative estimate of drug-likeness (QED) is 0.795. The van der Waals surface area contributed by atoms with Gasteiger partial charge in [-0.05, 0) is 44.8 Å². The number of anilines is 1. The third kappa shape index (κ3) is 4.69. The summed E-state index contributed by atoms with van der Waals surface area (Å²) in [6.07, 6.45) is 6.43. The van der Waals surface area contributed by atoms with Crippen LogP contribution in [0.15, 0.2) is 18.3 Å². The molecule has 1 N–H and O–H groups in total. The van der Waals surface area contributed by atoms with Gasteiger partial charge in [0.1, 0.15) is 5.82 Å². The molecule has 1 aliphatic heterocycles. The summed E-state index contributed by atoms with van der Waals surface area (Å²) in [5.41, 5.74) is 1.11. The SMILES string of the molecule is CC[C@H](C(=O)NCc1cccnc1N1CCCCC1)N(CC)CC. The van der Waals surface area contributed by atoms with Gasteiger partial charge in [0, 0.05) is 31.4 Å². The minimum Gasteiger partial charge on any atom is -0.356 e. The Hall–Kier alpha value is -1.62. The Balaban J connectivity index is 2.02. The van der Waals surface area contributed by atoms with Gasteiger partial charge >= 0.3 is 0 Å². The molecular formula is C19H32N4O. The summed E-state index contributed by atoms with van der Waals surface area (Å²) >= 11 is 0. The van der Waals surface area contributed by atoms with Crippen molar-refractivity contribution in [3.63, 3.8) is 0 Å². The van der Waals surface area contributed by atoms with Crippen LogP contribution < -0.4 is 10.2 Å². The fraction of sp³-hybridized carbons (Fsp3) is 0.684. The van der Waals surface area contributed by atoms with E-state index in [0.717, 1.165) is 44.0 Å². The minimum atomic E-state index is -0.0462. The van der Waals surface area contributed by atoms with Crippen molar-refractivity contribution in [2.24, 2.45) is 0 Å². The number of amides is 1. The van der Waals surface area contributed by atoms with E-state index < -0.39 is 0 Å². The first-order valence-electron chi connectivity index (χ1n) is 9.41. The van der Waals surface area contributed by atoms with Crippen LogP contribution in [0.1, 0.15) is 52.0 Å². The van der Waals surface area contributed by atoms with E-state index in [-0.39, 0.29) is 11.9 Å². The number of pyridine rings is 1. The van der Waals surface area contributed by atoms with Crippen LogP contribution in [-0.2, 0) is 11.3 Å². The van der Waals surface area contributed by atoms with Crippen molar-refractivity contribution in [3.05, 3.63) is 23.9 Å². The lowest BCUT2D eigenvalue weighted by Crippen LogP contribution is -2.46. The molecule has 0 spiro atoms. The average molecular weight is 332 g/mol. The minimum absolute atomic E-state index is 0.0462.